The molecule has 2 N–H and O–H groups in total. The van der Waals surface area contributed by atoms with Crippen LogP contribution in [-0.4, -0.2) is 17.1 Å². The van der Waals surface area contributed by atoms with Crippen LogP contribution in [0.25, 0.3) is 6.08 Å². The van der Waals surface area contributed by atoms with Gasteiger partial charge < -0.3 is 5.32 Å². The molecule has 3 amide bonds. The molecule has 3 rings (SSSR count). The van der Waals surface area contributed by atoms with Gasteiger partial charge in [-0.25, -0.2) is 0 Å². The molecule has 150 valence electrons. The Kier molecular flexibility index (Phi) is 5.78. The number of thioether (sulfide) groups is 1. The number of carbonyl (C=O) groups is 3. The lowest BCUT2D eigenvalue weighted by Gasteiger charge is -2.16. The van der Waals surface area contributed by atoms with Crippen molar-refractivity contribution in [3.8, 4) is 0 Å². The van der Waals surface area contributed by atoms with E-state index in [1.54, 1.807) is 19.1 Å². The van der Waals surface area contributed by atoms with Gasteiger partial charge in [-0.1, -0.05) is 24.3 Å². The summed E-state index contributed by atoms with van der Waals surface area (Å²) in [5.74, 6) is -0.922. The first-order chi connectivity index (χ1) is 13.6. The second kappa shape index (κ2) is 8.12. The minimum absolute atomic E-state index is 0.255. The van der Waals surface area contributed by atoms with Gasteiger partial charge in [-0.2, -0.15) is 13.2 Å². The van der Waals surface area contributed by atoms with Crippen LogP contribution in [0.4, 0.5) is 18.0 Å². The molecule has 0 aliphatic carbocycles. The van der Waals surface area contributed by atoms with Gasteiger partial charge in [0.1, 0.15) is 0 Å². The van der Waals surface area contributed by atoms with E-state index in [0.29, 0.717) is 16.7 Å². The van der Waals surface area contributed by atoms with E-state index in [-0.39, 0.29) is 4.91 Å². The van der Waals surface area contributed by atoms with Gasteiger partial charge in [-0.3, -0.25) is 19.7 Å². The van der Waals surface area contributed by atoms with Crippen LogP contribution in [-0.2, 0) is 11.0 Å². The number of amides is 3. The second-order valence-corrected chi connectivity index (χ2v) is 7.31. The number of rotatable bonds is 4. The van der Waals surface area contributed by atoms with Crippen molar-refractivity contribution in [1.29, 1.82) is 0 Å². The van der Waals surface area contributed by atoms with E-state index in [1.807, 2.05) is 0 Å². The SMILES string of the molecule is CC(NC(=O)c1ccc(/C=C2/SC(=O)NC2=O)cc1)c1cccc(C(F)(F)F)c1. The predicted octanol–water partition coefficient (Wildman–Crippen LogP) is 4.52. The summed E-state index contributed by atoms with van der Waals surface area (Å²) in [6.07, 6.45) is -2.93. The van der Waals surface area contributed by atoms with Gasteiger partial charge in [-0.05, 0) is 60.2 Å². The summed E-state index contributed by atoms with van der Waals surface area (Å²) in [5.41, 5.74) is 0.495. The highest BCUT2D eigenvalue weighted by molar-refractivity contribution is 8.18. The van der Waals surface area contributed by atoms with Crippen molar-refractivity contribution in [2.24, 2.45) is 0 Å². The summed E-state index contributed by atoms with van der Waals surface area (Å²) >= 11 is 0.790. The number of hydrogen-bond donors (Lipinski definition) is 2. The molecule has 0 spiro atoms. The predicted molar refractivity (Wildman–Crippen MR) is 103 cm³/mol. The average Bonchev–Trinajstić information content (AvgIpc) is 2.98. The molecular weight excluding hydrogens is 405 g/mol. The maximum atomic E-state index is 12.9. The fourth-order valence-corrected chi connectivity index (χ4v) is 3.33. The zero-order valence-corrected chi connectivity index (χ0v) is 15.9. The second-order valence-electron chi connectivity index (χ2n) is 6.29. The van der Waals surface area contributed by atoms with Crippen molar-refractivity contribution in [1.82, 2.24) is 10.6 Å². The van der Waals surface area contributed by atoms with E-state index in [2.05, 4.69) is 10.6 Å². The summed E-state index contributed by atoms with van der Waals surface area (Å²) in [6.45, 7) is 1.60. The third-order valence-corrected chi connectivity index (χ3v) is 4.98. The monoisotopic (exact) mass is 420 g/mol. The quantitative estimate of drug-likeness (QED) is 0.714. The van der Waals surface area contributed by atoms with Crippen LogP contribution >= 0.6 is 11.8 Å². The number of nitrogens with one attached hydrogen (secondary N) is 2. The van der Waals surface area contributed by atoms with Gasteiger partial charge in [0.25, 0.3) is 17.1 Å². The van der Waals surface area contributed by atoms with Crippen molar-refractivity contribution in [3.05, 3.63) is 75.7 Å². The summed E-state index contributed by atoms with van der Waals surface area (Å²) in [7, 11) is 0. The Labute approximate surface area is 168 Å². The number of hydrogen-bond acceptors (Lipinski definition) is 4. The summed E-state index contributed by atoms with van der Waals surface area (Å²) in [5, 5.41) is 4.37. The number of benzene rings is 2. The molecule has 29 heavy (non-hydrogen) atoms. The lowest BCUT2D eigenvalue weighted by Crippen LogP contribution is -2.26. The first-order valence-electron chi connectivity index (χ1n) is 8.46. The lowest BCUT2D eigenvalue weighted by molar-refractivity contribution is -0.137. The molecule has 1 aliphatic heterocycles. The third-order valence-electron chi connectivity index (χ3n) is 4.17. The molecule has 1 saturated heterocycles. The van der Waals surface area contributed by atoms with Crippen molar-refractivity contribution < 1.29 is 27.6 Å². The first kappa shape index (κ1) is 20.7. The molecule has 0 aromatic heterocycles. The fourth-order valence-electron chi connectivity index (χ4n) is 2.65. The highest BCUT2D eigenvalue weighted by Gasteiger charge is 2.30. The number of alkyl halides is 3. The van der Waals surface area contributed by atoms with Crippen LogP contribution in [0.3, 0.4) is 0 Å². The molecule has 1 heterocycles. The molecule has 1 atom stereocenters. The molecule has 2 aromatic rings. The topological polar surface area (TPSA) is 75.3 Å². The number of imide groups is 1. The molecule has 5 nitrogen and oxygen atoms in total. The molecular formula is C20H15F3N2O3S. The Bertz CT molecular complexity index is 1000. The Balaban J connectivity index is 1.69. The van der Waals surface area contributed by atoms with Crippen molar-refractivity contribution in [2.45, 2.75) is 19.1 Å². The van der Waals surface area contributed by atoms with Gasteiger partial charge in [-0.15, -0.1) is 0 Å². The Hall–Kier alpha value is -3.07. The Morgan fingerprint density at radius 2 is 1.83 bits per heavy atom. The molecule has 2 aromatic carbocycles. The maximum Gasteiger partial charge on any atom is 0.416 e. The van der Waals surface area contributed by atoms with Gasteiger partial charge in [0.05, 0.1) is 16.5 Å². The average molecular weight is 420 g/mol. The van der Waals surface area contributed by atoms with Gasteiger partial charge >= 0.3 is 6.18 Å². The van der Waals surface area contributed by atoms with Crippen LogP contribution in [0.15, 0.2) is 53.4 Å². The summed E-state index contributed by atoms with van der Waals surface area (Å²) < 4.78 is 38.6. The van der Waals surface area contributed by atoms with Crippen LogP contribution in [0.1, 0.15) is 40.0 Å². The van der Waals surface area contributed by atoms with Crippen LogP contribution < -0.4 is 10.6 Å². The van der Waals surface area contributed by atoms with Crippen molar-refractivity contribution in [2.75, 3.05) is 0 Å². The van der Waals surface area contributed by atoms with E-state index in [1.165, 1.54) is 30.3 Å². The van der Waals surface area contributed by atoms with E-state index in [9.17, 15) is 27.6 Å². The van der Waals surface area contributed by atoms with Crippen molar-refractivity contribution in [3.63, 3.8) is 0 Å². The van der Waals surface area contributed by atoms with Gasteiger partial charge in [0.15, 0.2) is 0 Å². The van der Waals surface area contributed by atoms with E-state index in [4.69, 9.17) is 0 Å². The third kappa shape index (κ3) is 5.05. The summed E-state index contributed by atoms with van der Waals surface area (Å²) in [6, 6.07) is 10.4. The maximum absolute atomic E-state index is 12.9. The fraction of sp³-hybridized carbons (Fsp3) is 0.150. The van der Waals surface area contributed by atoms with Crippen LogP contribution in [0, 0.1) is 0 Å². The van der Waals surface area contributed by atoms with Gasteiger partial charge in [0, 0.05) is 5.56 Å². The minimum Gasteiger partial charge on any atom is -0.346 e. The van der Waals surface area contributed by atoms with Crippen molar-refractivity contribution >= 4 is 34.9 Å². The minimum atomic E-state index is -4.46. The number of carbonyl (C=O) groups excluding carboxylic acids is 3. The van der Waals surface area contributed by atoms with Gasteiger partial charge in [0.2, 0.25) is 0 Å². The standard InChI is InChI=1S/C20H15F3N2O3S/c1-11(14-3-2-4-15(10-14)20(21,22)23)24-17(26)13-7-5-12(6-8-13)9-16-18(27)25-19(28)29-16/h2-11H,1H3,(H,24,26)(H,25,27,28)/b16-9+. The molecule has 1 fully saturated rings. The van der Waals surface area contributed by atoms with Crippen LogP contribution in [0.5, 0.6) is 0 Å². The molecule has 0 bridgehead atoms. The largest absolute Gasteiger partial charge is 0.416 e. The Morgan fingerprint density at radius 3 is 2.41 bits per heavy atom. The zero-order chi connectivity index (χ0) is 21.2. The molecule has 1 aliphatic rings. The van der Waals surface area contributed by atoms with E-state index < -0.39 is 34.8 Å². The van der Waals surface area contributed by atoms with Crippen LogP contribution in [0.2, 0.25) is 0 Å². The van der Waals surface area contributed by atoms with E-state index in [0.717, 1.165) is 23.9 Å². The smallest absolute Gasteiger partial charge is 0.346 e. The zero-order valence-electron chi connectivity index (χ0n) is 15.0. The molecule has 0 saturated carbocycles. The normalized spacial score (nSPS) is 16.6. The highest BCUT2D eigenvalue weighted by Crippen LogP contribution is 2.31. The number of halogens is 3. The first-order valence-corrected chi connectivity index (χ1v) is 9.28. The van der Waals surface area contributed by atoms with E-state index >= 15 is 0 Å². The lowest BCUT2D eigenvalue weighted by atomic mass is 10.0. The molecule has 9 heteroatoms. The highest BCUT2D eigenvalue weighted by atomic mass is 32.2. The molecule has 1 unspecified atom stereocenters. The Morgan fingerprint density at radius 1 is 1.14 bits per heavy atom. The summed E-state index contributed by atoms with van der Waals surface area (Å²) in [4.78, 5) is 35.4. The molecule has 0 radical (unpaired) electrons.